The van der Waals surface area contributed by atoms with Crippen LogP contribution in [0, 0.1) is 6.92 Å². The van der Waals surface area contributed by atoms with Gasteiger partial charge in [-0.3, -0.25) is 4.79 Å². The first-order chi connectivity index (χ1) is 9.24. The van der Waals surface area contributed by atoms with E-state index < -0.39 is 0 Å². The molecule has 1 heterocycles. The van der Waals surface area contributed by atoms with Crippen LogP contribution in [0.25, 0.3) is 11.0 Å². The molecular formula is C15H19N3O. The molecule has 0 saturated heterocycles. The number of carbonyl (C=O) groups is 1. The Kier molecular flexibility index (Phi) is 3.23. The van der Waals surface area contributed by atoms with Crippen molar-refractivity contribution in [2.45, 2.75) is 45.2 Å². The van der Waals surface area contributed by atoms with Crippen molar-refractivity contribution in [2.24, 2.45) is 0 Å². The molecule has 1 amide bonds. The molecular weight excluding hydrogens is 238 g/mol. The number of amides is 1. The highest BCUT2D eigenvalue weighted by Gasteiger charge is 2.19. The van der Waals surface area contributed by atoms with Gasteiger partial charge in [0.25, 0.3) is 0 Å². The lowest BCUT2D eigenvalue weighted by molar-refractivity contribution is -0.122. The van der Waals surface area contributed by atoms with Crippen molar-refractivity contribution in [3.05, 3.63) is 30.1 Å². The van der Waals surface area contributed by atoms with Gasteiger partial charge >= 0.3 is 0 Å². The maximum absolute atomic E-state index is 11.8. The molecule has 1 fully saturated rings. The maximum atomic E-state index is 11.8. The number of fused-ring (bicyclic) bond motifs is 1. The van der Waals surface area contributed by atoms with E-state index in [-0.39, 0.29) is 5.91 Å². The first kappa shape index (κ1) is 12.2. The molecule has 0 bridgehead atoms. The largest absolute Gasteiger partial charge is 0.353 e. The van der Waals surface area contributed by atoms with Gasteiger partial charge in [-0.2, -0.15) is 0 Å². The van der Waals surface area contributed by atoms with E-state index >= 15 is 0 Å². The highest BCUT2D eigenvalue weighted by molar-refractivity contribution is 5.78. The Morgan fingerprint density at radius 1 is 1.42 bits per heavy atom. The van der Waals surface area contributed by atoms with E-state index in [4.69, 9.17) is 0 Å². The van der Waals surface area contributed by atoms with Crippen molar-refractivity contribution >= 4 is 16.9 Å². The number of hydrogen-bond acceptors (Lipinski definition) is 2. The monoisotopic (exact) mass is 257 g/mol. The number of para-hydroxylation sites is 2. The van der Waals surface area contributed by atoms with Gasteiger partial charge in [0.05, 0.1) is 11.0 Å². The molecule has 4 heteroatoms. The summed E-state index contributed by atoms with van der Waals surface area (Å²) in [6, 6.07) is 8.48. The van der Waals surface area contributed by atoms with Crippen LogP contribution in [0.4, 0.5) is 0 Å². The molecule has 1 aromatic heterocycles. The van der Waals surface area contributed by atoms with E-state index in [0.29, 0.717) is 19.0 Å². The lowest BCUT2D eigenvalue weighted by Gasteiger charge is -2.26. The van der Waals surface area contributed by atoms with Crippen molar-refractivity contribution in [1.29, 1.82) is 0 Å². The van der Waals surface area contributed by atoms with Crippen molar-refractivity contribution in [3.8, 4) is 0 Å². The van der Waals surface area contributed by atoms with Crippen molar-refractivity contribution in [2.75, 3.05) is 0 Å². The topological polar surface area (TPSA) is 46.9 Å². The van der Waals surface area contributed by atoms with E-state index in [2.05, 4.69) is 20.9 Å². The van der Waals surface area contributed by atoms with E-state index in [1.807, 2.05) is 25.1 Å². The molecule has 0 unspecified atom stereocenters. The van der Waals surface area contributed by atoms with Gasteiger partial charge in [0.1, 0.15) is 5.82 Å². The van der Waals surface area contributed by atoms with Gasteiger partial charge in [0.2, 0.25) is 5.91 Å². The van der Waals surface area contributed by atoms with Crippen LogP contribution in [0.3, 0.4) is 0 Å². The van der Waals surface area contributed by atoms with Gasteiger partial charge in [0, 0.05) is 19.0 Å². The summed E-state index contributed by atoms with van der Waals surface area (Å²) in [5, 5.41) is 3.07. The third kappa shape index (κ3) is 2.48. The SMILES string of the molecule is Cc1nc2ccccc2n1CCC(=O)NC1CCC1. The summed E-state index contributed by atoms with van der Waals surface area (Å²) in [6.07, 6.45) is 4.05. The number of aromatic nitrogens is 2. The Morgan fingerprint density at radius 3 is 2.95 bits per heavy atom. The molecule has 0 atom stereocenters. The van der Waals surface area contributed by atoms with Gasteiger partial charge in [0.15, 0.2) is 0 Å². The second-order valence-corrected chi connectivity index (χ2v) is 5.24. The Labute approximate surface area is 112 Å². The molecule has 1 aromatic carbocycles. The second-order valence-electron chi connectivity index (χ2n) is 5.24. The summed E-state index contributed by atoms with van der Waals surface area (Å²) in [5.41, 5.74) is 2.11. The summed E-state index contributed by atoms with van der Waals surface area (Å²) < 4.78 is 2.12. The van der Waals surface area contributed by atoms with Gasteiger partial charge < -0.3 is 9.88 Å². The summed E-state index contributed by atoms with van der Waals surface area (Å²) in [4.78, 5) is 16.4. The zero-order valence-corrected chi connectivity index (χ0v) is 11.2. The summed E-state index contributed by atoms with van der Waals surface area (Å²) in [6.45, 7) is 2.69. The van der Waals surface area contributed by atoms with Gasteiger partial charge in [-0.1, -0.05) is 12.1 Å². The van der Waals surface area contributed by atoms with E-state index in [9.17, 15) is 4.79 Å². The van der Waals surface area contributed by atoms with Crippen molar-refractivity contribution < 1.29 is 4.79 Å². The average molecular weight is 257 g/mol. The normalized spacial score (nSPS) is 15.4. The van der Waals surface area contributed by atoms with Gasteiger partial charge in [-0.15, -0.1) is 0 Å². The minimum absolute atomic E-state index is 0.155. The number of carbonyl (C=O) groups excluding carboxylic acids is 1. The third-order valence-electron chi connectivity index (χ3n) is 3.88. The fourth-order valence-corrected chi connectivity index (χ4v) is 2.54. The van der Waals surface area contributed by atoms with E-state index in [1.165, 1.54) is 6.42 Å². The highest BCUT2D eigenvalue weighted by atomic mass is 16.1. The zero-order chi connectivity index (χ0) is 13.2. The number of nitrogens with one attached hydrogen (secondary N) is 1. The van der Waals surface area contributed by atoms with Crippen LogP contribution in [0.15, 0.2) is 24.3 Å². The number of hydrogen-bond donors (Lipinski definition) is 1. The van der Waals surface area contributed by atoms with Crippen LogP contribution in [0.2, 0.25) is 0 Å². The Bertz CT molecular complexity index is 598. The lowest BCUT2D eigenvalue weighted by atomic mass is 9.93. The van der Waals surface area contributed by atoms with Crippen LogP contribution in [-0.4, -0.2) is 21.5 Å². The molecule has 2 aromatic rings. The Morgan fingerprint density at radius 2 is 2.21 bits per heavy atom. The number of imidazole rings is 1. The van der Waals surface area contributed by atoms with E-state index in [0.717, 1.165) is 29.7 Å². The molecule has 4 nitrogen and oxygen atoms in total. The summed E-state index contributed by atoms with van der Waals surface area (Å²) in [5.74, 6) is 1.12. The van der Waals surface area contributed by atoms with Crippen LogP contribution in [0.1, 0.15) is 31.5 Å². The van der Waals surface area contributed by atoms with Crippen LogP contribution < -0.4 is 5.32 Å². The van der Waals surface area contributed by atoms with Crippen LogP contribution in [-0.2, 0) is 11.3 Å². The Balaban J connectivity index is 1.67. The maximum Gasteiger partial charge on any atom is 0.222 e. The molecule has 100 valence electrons. The molecule has 1 aliphatic carbocycles. The minimum Gasteiger partial charge on any atom is -0.353 e. The molecule has 1 aliphatic rings. The number of aryl methyl sites for hydroxylation is 2. The highest BCUT2D eigenvalue weighted by Crippen LogP contribution is 2.19. The predicted octanol–water partition coefficient (Wildman–Crippen LogP) is 2.40. The molecule has 1 N–H and O–H groups in total. The van der Waals surface area contributed by atoms with Crippen LogP contribution in [0.5, 0.6) is 0 Å². The van der Waals surface area contributed by atoms with Crippen molar-refractivity contribution in [3.63, 3.8) is 0 Å². The summed E-state index contributed by atoms with van der Waals surface area (Å²) >= 11 is 0. The minimum atomic E-state index is 0.155. The quantitative estimate of drug-likeness (QED) is 0.914. The summed E-state index contributed by atoms with van der Waals surface area (Å²) in [7, 11) is 0. The average Bonchev–Trinajstić information content (AvgIpc) is 2.67. The van der Waals surface area contributed by atoms with E-state index in [1.54, 1.807) is 0 Å². The second kappa shape index (κ2) is 5.03. The molecule has 19 heavy (non-hydrogen) atoms. The Hall–Kier alpha value is -1.84. The standard InChI is InChI=1S/C15H19N3O/c1-11-16-13-7-2-3-8-14(13)18(11)10-9-15(19)17-12-5-4-6-12/h2-3,7-8,12H,4-6,9-10H2,1H3,(H,17,19). The number of benzene rings is 1. The first-order valence-electron chi connectivity index (χ1n) is 6.95. The molecule has 0 radical (unpaired) electrons. The molecule has 1 saturated carbocycles. The zero-order valence-electron chi connectivity index (χ0n) is 11.2. The predicted molar refractivity (Wildman–Crippen MR) is 74.9 cm³/mol. The molecule has 3 rings (SSSR count). The molecule has 0 aliphatic heterocycles. The lowest BCUT2D eigenvalue weighted by Crippen LogP contribution is -2.39. The fraction of sp³-hybridized carbons (Fsp3) is 0.467. The van der Waals surface area contributed by atoms with Gasteiger partial charge in [-0.05, 0) is 38.3 Å². The van der Waals surface area contributed by atoms with Gasteiger partial charge in [-0.25, -0.2) is 4.98 Å². The first-order valence-corrected chi connectivity index (χ1v) is 6.95. The third-order valence-corrected chi connectivity index (χ3v) is 3.88. The molecule has 0 spiro atoms. The van der Waals surface area contributed by atoms with Crippen LogP contribution >= 0.6 is 0 Å². The number of nitrogens with zero attached hydrogens (tertiary/aromatic N) is 2. The number of rotatable bonds is 4. The fourth-order valence-electron chi connectivity index (χ4n) is 2.54. The smallest absolute Gasteiger partial charge is 0.222 e. The van der Waals surface area contributed by atoms with Crippen molar-refractivity contribution in [1.82, 2.24) is 14.9 Å².